The van der Waals surface area contributed by atoms with E-state index in [0.29, 0.717) is 0 Å². The molecule has 2 aliphatic heterocycles. The molecule has 0 atom stereocenters. The number of fused-ring (bicyclic) bond motifs is 8. The van der Waals surface area contributed by atoms with Crippen molar-refractivity contribution in [2.75, 3.05) is 9.80 Å². The number of hydrogen-bond donors (Lipinski definition) is 0. The minimum Gasteiger partial charge on any atom is -0.472 e. The fourth-order valence-corrected chi connectivity index (χ4v) is 12.0. The van der Waals surface area contributed by atoms with Gasteiger partial charge in [-0.15, -0.1) is 0 Å². The van der Waals surface area contributed by atoms with Crippen LogP contribution in [0.4, 0.5) is 34.1 Å². The van der Waals surface area contributed by atoms with Gasteiger partial charge in [0.25, 0.3) is 6.71 Å². The molecule has 0 fully saturated rings. The third kappa shape index (κ3) is 6.03. The standard InChI is InChI=1S/C57H69BN2O/c1-34-28-46-49-47(29-34)60(44-19-17-16-18-39(44)53(5,6)7)50-37-30-35(52(2,3)4)20-23-48(37)61-51(50)58(49)43-32-41-42(57(14,15)27-26-56(41,12)13)33-45(43)59(46)36-21-22-38-40(31-36)55(10,11)25-24-54(38,8)9/h16-19,21-22,28-33H,20,23-27H2,1-15H3. The fraction of sp³-hybridized carbons (Fsp3) is 0.474. The van der Waals surface area contributed by atoms with Crippen LogP contribution in [-0.2, 0) is 33.5 Å². The van der Waals surface area contributed by atoms with Crippen LogP contribution in [0, 0.1) is 12.3 Å². The van der Waals surface area contributed by atoms with Gasteiger partial charge in [0.05, 0.1) is 11.3 Å². The zero-order valence-electron chi connectivity index (χ0n) is 40.1. The summed E-state index contributed by atoms with van der Waals surface area (Å²) in [6.45, 7) is 36.2. The molecule has 3 heterocycles. The number of para-hydroxylation sites is 1. The molecule has 1 aromatic heterocycles. The number of anilines is 6. The number of allylic oxidation sites excluding steroid dienone is 1. The van der Waals surface area contributed by atoms with Crippen molar-refractivity contribution in [3.05, 3.63) is 117 Å². The molecule has 0 spiro atoms. The van der Waals surface area contributed by atoms with Gasteiger partial charge in [-0.25, -0.2) is 0 Å². The predicted molar refractivity (Wildman–Crippen MR) is 262 cm³/mol. The summed E-state index contributed by atoms with van der Waals surface area (Å²) in [4.78, 5) is 5.31. The van der Waals surface area contributed by atoms with Gasteiger partial charge in [-0.3, -0.25) is 0 Å². The van der Waals surface area contributed by atoms with E-state index in [2.05, 4.69) is 186 Å². The maximum Gasteiger partial charge on any atom is 0.297 e. The molecule has 3 aliphatic carbocycles. The lowest BCUT2D eigenvalue weighted by Crippen LogP contribution is -2.61. The van der Waals surface area contributed by atoms with Crippen LogP contribution in [0.3, 0.4) is 0 Å². The van der Waals surface area contributed by atoms with Gasteiger partial charge in [-0.1, -0.05) is 133 Å². The highest BCUT2D eigenvalue weighted by molar-refractivity contribution is 6.99. The largest absolute Gasteiger partial charge is 0.472 e. The molecular formula is C57H69BN2O. The molecular weight excluding hydrogens is 739 g/mol. The summed E-state index contributed by atoms with van der Waals surface area (Å²) in [6, 6.07) is 26.9. The van der Waals surface area contributed by atoms with Crippen molar-refractivity contribution in [1.29, 1.82) is 0 Å². The highest BCUT2D eigenvalue weighted by Gasteiger charge is 2.50. The third-order valence-electron chi connectivity index (χ3n) is 16.1. The second kappa shape index (κ2) is 12.8. The van der Waals surface area contributed by atoms with Crippen LogP contribution >= 0.6 is 0 Å². The quantitative estimate of drug-likeness (QED) is 0.162. The van der Waals surface area contributed by atoms with E-state index >= 15 is 0 Å². The number of benzene rings is 4. The summed E-state index contributed by atoms with van der Waals surface area (Å²) in [5, 5.41) is 0. The third-order valence-corrected chi connectivity index (χ3v) is 16.1. The van der Waals surface area contributed by atoms with Crippen molar-refractivity contribution >= 4 is 63.5 Å². The molecule has 0 saturated carbocycles. The van der Waals surface area contributed by atoms with Crippen LogP contribution in [0.15, 0.2) is 76.7 Å². The van der Waals surface area contributed by atoms with Crippen LogP contribution in [0.5, 0.6) is 0 Å². The lowest BCUT2D eigenvalue weighted by Gasteiger charge is -2.47. The first-order valence-electron chi connectivity index (χ1n) is 23.4. The molecule has 0 bridgehead atoms. The molecule has 3 nitrogen and oxygen atoms in total. The van der Waals surface area contributed by atoms with Gasteiger partial charge in [-0.05, 0) is 158 Å². The van der Waals surface area contributed by atoms with Crippen LogP contribution < -0.4 is 26.4 Å². The summed E-state index contributed by atoms with van der Waals surface area (Å²) in [6.07, 6.45) is 9.20. The Bertz CT molecular complexity index is 2700. The van der Waals surface area contributed by atoms with E-state index < -0.39 is 0 Å². The number of hydrogen-bond acceptors (Lipinski definition) is 3. The van der Waals surface area contributed by atoms with E-state index in [1.807, 2.05) is 0 Å². The van der Waals surface area contributed by atoms with Crippen LogP contribution in [0.2, 0.25) is 0 Å². The molecule has 0 amide bonds. The first-order chi connectivity index (χ1) is 28.4. The summed E-state index contributed by atoms with van der Waals surface area (Å²) >= 11 is 0. The summed E-state index contributed by atoms with van der Waals surface area (Å²) < 4.78 is 7.50. The fourth-order valence-electron chi connectivity index (χ4n) is 12.0. The highest BCUT2D eigenvalue weighted by atomic mass is 16.3. The van der Waals surface area contributed by atoms with Gasteiger partial charge >= 0.3 is 0 Å². The van der Waals surface area contributed by atoms with Gasteiger partial charge in [0.15, 0.2) is 0 Å². The zero-order chi connectivity index (χ0) is 43.6. The molecule has 0 radical (unpaired) electrons. The van der Waals surface area contributed by atoms with E-state index in [1.54, 1.807) is 0 Å². The molecule has 0 saturated heterocycles. The predicted octanol–water partition coefficient (Wildman–Crippen LogP) is 14.0. The van der Waals surface area contributed by atoms with Gasteiger partial charge in [-0.2, -0.15) is 0 Å². The van der Waals surface area contributed by atoms with Crippen molar-refractivity contribution in [3.8, 4) is 0 Å². The number of aryl methyl sites for hydroxylation is 2. The molecule has 0 N–H and O–H groups in total. The Hall–Kier alpha value is -4.44. The Morgan fingerprint density at radius 1 is 0.574 bits per heavy atom. The Morgan fingerprint density at radius 3 is 1.77 bits per heavy atom. The topological polar surface area (TPSA) is 19.6 Å². The normalized spacial score (nSPS) is 20.2. The van der Waals surface area contributed by atoms with Crippen molar-refractivity contribution in [2.24, 2.45) is 5.41 Å². The molecule has 316 valence electrons. The molecule has 0 unspecified atom stereocenters. The second-order valence-corrected chi connectivity index (χ2v) is 24.4. The second-order valence-electron chi connectivity index (χ2n) is 24.4. The monoisotopic (exact) mass is 809 g/mol. The first kappa shape index (κ1) is 40.6. The summed E-state index contributed by atoms with van der Waals surface area (Å²) in [5.74, 6) is 1.13. The van der Waals surface area contributed by atoms with E-state index in [4.69, 9.17) is 4.42 Å². The van der Waals surface area contributed by atoms with E-state index in [9.17, 15) is 0 Å². The molecule has 10 rings (SSSR count). The highest BCUT2D eigenvalue weighted by Crippen LogP contribution is 2.54. The smallest absolute Gasteiger partial charge is 0.297 e. The van der Waals surface area contributed by atoms with Crippen molar-refractivity contribution in [2.45, 2.75) is 169 Å². The van der Waals surface area contributed by atoms with Gasteiger partial charge < -0.3 is 14.2 Å². The van der Waals surface area contributed by atoms with E-state index in [-0.39, 0.29) is 39.2 Å². The van der Waals surface area contributed by atoms with Crippen molar-refractivity contribution in [1.82, 2.24) is 0 Å². The van der Waals surface area contributed by atoms with E-state index in [1.165, 1.54) is 115 Å². The Labute approximate surface area is 368 Å². The maximum atomic E-state index is 7.50. The number of furan rings is 1. The van der Waals surface area contributed by atoms with E-state index in [0.717, 1.165) is 24.3 Å². The minimum atomic E-state index is -0.0759. The lowest BCUT2D eigenvalue weighted by atomic mass is 9.35. The SMILES string of the molecule is Cc1cc2c3c(c1)N(c1ccccc1C(C)(C)C)c1c(oc4c1C=C(C(C)(C)C)CC4)B3c1cc3c(cc1N2c1ccc2c(c1)C(C)(C)CCC2(C)C)C(C)(C)CCC3(C)C. The number of rotatable bonds is 2. The Balaban J connectivity index is 1.35. The molecule has 61 heavy (non-hydrogen) atoms. The van der Waals surface area contributed by atoms with Gasteiger partial charge in [0, 0.05) is 40.4 Å². The lowest BCUT2D eigenvalue weighted by molar-refractivity contribution is 0.332. The molecule has 5 aliphatic rings. The van der Waals surface area contributed by atoms with Crippen LogP contribution in [0.1, 0.15) is 174 Å². The summed E-state index contributed by atoms with van der Waals surface area (Å²) in [5.41, 5.74) is 23.1. The van der Waals surface area contributed by atoms with Crippen LogP contribution in [0.25, 0.3) is 6.08 Å². The molecule has 4 aromatic carbocycles. The van der Waals surface area contributed by atoms with Gasteiger partial charge in [0.2, 0.25) is 0 Å². The summed E-state index contributed by atoms with van der Waals surface area (Å²) in [7, 11) is 0. The molecule has 4 heteroatoms. The molecule has 5 aromatic rings. The Kier molecular flexibility index (Phi) is 8.54. The average Bonchev–Trinajstić information content (AvgIpc) is 3.55. The number of nitrogens with zero attached hydrogens (tertiary/aromatic N) is 2. The zero-order valence-corrected chi connectivity index (χ0v) is 40.1. The minimum absolute atomic E-state index is 0.0545. The van der Waals surface area contributed by atoms with Gasteiger partial charge in [0.1, 0.15) is 5.76 Å². The van der Waals surface area contributed by atoms with Crippen molar-refractivity contribution < 1.29 is 4.42 Å². The van der Waals surface area contributed by atoms with Crippen molar-refractivity contribution in [3.63, 3.8) is 0 Å². The average molecular weight is 809 g/mol. The first-order valence-corrected chi connectivity index (χ1v) is 23.4. The maximum absolute atomic E-state index is 7.50. The van der Waals surface area contributed by atoms with Crippen LogP contribution in [-0.4, -0.2) is 6.71 Å². The Morgan fingerprint density at radius 2 is 1.15 bits per heavy atom.